The molecule has 110 valence electrons. The third-order valence-corrected chi connectivity index (χ3v) is 3.11. The van der Waals surface area contributed by atoms with Crippen LogP contribution in [0.1, 0.15) is 5.56 Å². The first-order valence-corrected chi connectivity index (χ1v) is 6.21. The van der Waals surface area contributed by atoms with E-state index in [1.54, 1.807) is 24.3 Å². The number of rotatable bonds is 6. The minimum atomic E-state index is -1.17. The molecule has 1 aromatic heterocycles. The average molecular weight is 290 g/mol. The Kier molecular flexibility index (Phi) is 4.29. The van der Waals surface area contributed by atoms with Crippen LogP contribution < -0.4 is 11.1 Å². The zero-order valence-electron chi connectivity index (χ0n) is 11.0. The van der Waals surface area contributed by atoms with Gasteiger partial charge in [-0.2, -0.15) is 0 Å². The molecule has 0 bridgehead atoms. The standard InChI is InChI=1S/C13H14N4O4/c14-6-12(18)15-10(13(19)20)5-8-7-17(16-21)11-4-2-1-3-9(8)11/h1-4,7,10H,5-6,14H2,(H,15,18)(H,19,20)/t10-/m0/s1. The second-order valence-electron chi connectivity index (χ2n) is 4.46. The number of fused-ring (bicyclic) bond motifs is 1. The second kappa shape index (κ2) is 6.14. The number of aromatic nitrogens is 1. The molecule has 0 saturated carbocycles. The maximum atomic E-state index is 11.3. The molecule has 1 heterocycles. The number of hydrogen-bond acceptors (Lipinski definition) is 5. The van der Waals surface area contributed by atoms with Gasteiger partial charge in [-0.05, 0) is 11.6 Å². The van der Waals surface area contributed by atoms with Crippen molar-refractivity contribution in [3.63, 3.8) is 0 Å². The van der Waals surface area contributed by atoms with Crippen molar-refractivity contribution in [1.29, 1.82) is 0 Å². The van der Waals surface area contributed by atoms with Gasteiger partial charge < -0.3 is 16.2 Å². The number of benzene rings is 1. The van der Waals surface area contributed by atoms with E-state index in [1.165, 1.54) is 6.20 Å². The molecule has 0 spiro atoms. The number of carboxylic acid groups (broad SMARTS) is 1. The van der Waals surface area contributed by atoms with Crippen molar-refractivity contribution >= 4 is 22.8 Å². The number of hydrogen-bond donors (Lipinski definition) is 3. The molecule has 21 heavy (non-hydrogen) atoms. The molecular formula is C13H14N4O4. The van der Waals surface area contributed by atoms with E-state index < -0.39 is 17.9 Å². The Morgan fingerprint density at radius 1 is 1.38 bits per heavy atom. The normalized spacial score (nSPS) is 12.0. The molecule has 0 unspecified atom stereocenters. The van der Waals surface area contributed by atoms with Gasteiger partial charge in [-0.3, -0.25) is 4.79 Å². The summed E-state index contributed by atoms with van der Waals surface area (Å²) in [4.78, 5) is 33.3. The van der Waals surface area contributed by atoms with Crippen LogP contribution in [0.5, 0.6) is 0 Å². The topological polar surface area (TPSA) is 127 Å². The van der Waals surface area contributed by atoms with Gasteiger partial charge in [0.05, 0.1) is 17.3 Å². The van der Waals surface area contributed by atoms with E-state index in [0.29, 0.717) is 16.5 Å². The Labute approximate surface area is 119 Å². The monoisotopic (exact) mass is 290 g/mol. The first kappa shape index (κ1) is 14.7. The van der Waals surface area contributed by atoms with Crippen LogP contribution in [0.3, 0.4) is 0 Å². The smallest absolute Gasteiger partial charge is 0.326 e. The fourth-order valence-corrected chi connectivity index (χ4v) is 2.14. The van der Waals surface area contributed by atoms with Gasteiger partial charge in [0.25, 0.3) is 0 Å². The Morgan fingerprint density at radius 2 is 2.10 bits per heavy atom. The van der Waals surface area contributed by atoms with E-state index >= 15 is 0 Å². The number of nitrogens with zero attached hydrogens (tertiary/aromatic N) is 2. The van der Waals surface area contributed by atoms with Crippen molar-refractivity contribution < 1.29 is 14.7 Å². The van der Waals surface area contributed by atoms with Crippen LogP contribution in [0.15, 0.2) is 35.7 Å². The lowest BCUT2D eigenvalue weighted by atomic mass is 10.1. The fraction of sp³-hybridized carbons (Fsp3) is 0.231. The lowest BCUT2D eigenvalue weighted by molar-refractivity contribution is -0.141. The van der Waals surface area contributed by atoms with Crippen molar-refractivity contribution in [1.82, 2.24) is 9.99 Å². The maximum absolute atomic E-state index is 11.3. The van der Waals surface area contributed by atoms with Crippen molar-refractivity contribution in [3.8, 4) is 0 Å². The summed E-state index contributed by atoms with van der Waals surface area (Å²) in [5.41, 5.74) is 6.35. The van der Waals surface area contributed by atoms with Crippen molar-refractivity contribution in [2.75, 3.05) is 6.54 Å². The summed E-state index contributed by atoms with van der Waals surface area (Å²) in [7, 11) is 0. The van der Waals surface area contributed by atoms with Gasteiger partial charge in [0.1, 0.15) is 6.04 Å². The second-order valence-corrected chi connectivity index (χ2v) is 4.46. The quantitative estimate of drug-likeness (QED) is 0.657. The van der Waals surface area contributed by atoms with E-state index in [1.807, 2.05) is 0 Å². The first-order valence-electron chi connectivity index (χ1n) is 6.21. The molecule has 4 N–H and O–H groups in total. The van der Waals surface area contributed by atoms with Crippen LogP contribution in [-0.4, -0.2) is 34.2 Å². The molecule has 1 atom stereocenters. The van der Waals surface area contributed by atoms with Gasteiger partial charge in [0, 0.05) is 18.0 Å². The highest BCUT2D eigenvalue weighted by Crippen LogP contribution is 2.22. The Morgan fingerprint density at radius 3 is 2.71 bits per heavy atom. The van der Waals surface area contributed by atoms with E-state index in [2.05, 4.69) is 10.6 Å². The van der Waals surface area contributed by atoms with Gasteiger partial charge in [-0.25, -0.2) is 9.47 Å². The molecule has 0 fully saturated rings. The Bertz CT molecular complexity index is 695. The highest BCUT2D eigenvalue weighted by Gasteiger charge is 2.22. The summed E-state index contributed by atoms with van der Waals surface area (Å²) in [5, 5.41) is 15.1. The van der Waals surface area contributed by atoms with Crippen LogP contribution in [0.25, 0.3) is 10.9 Å². The number of carbonyl (C=O) groups excluding carboxylic acids is 1. The van der Waals surface area contributed by atoms with Crippen LogP contribution in [0.4, 0.5) is 0 Å². The number of nitroso groups, excluding NO2 is 1. The number of amides is 1. The third kappa shape index (κ3) is 3.06. The Hall–Kier alpha value is -2.74. The number of nitrogens with two attached hydrogens (primary N) is 1. The average Bonchev–Trinajstić information content (AvgIpc) is 2.84. The molecule has 1 amide bonds. The summed E-state index contributed by atoms with van der Waals surface area (Å²) in [6, 6.07) is 5.87. The van der Waals surface area contributed by atoms with Crippen molar-refractivity contribution in [2.45, 2.75) is 12.5 Å². The number of aliphatic carboxylic acids is 1. The molecule has 0 aliphatic rings. The summed E-state index contributed by atoms with van der Waals surface area (Å²) < 4.78 is 1.13. The number of nitrogens with one attached hydrogen (secondary N) is 1. The lowest BCUT2D eigenvalue weighted by Crippen LogP contribution is -2.44. The largest absolute Gasteiger partial charge is 0.480 e. The molecule has 0 aliphatic heterocycles. The van der Waals surface area contributed by atoms with Crippen LogP contribution in [-0.2, 0) is 16.0 Å². The molecule has 8 heteroatoms. The van der Waals surface area contributed by atoms with Crippen LogP contribution in [0.2, 0.25) is 0 Å². The zero-order valence-corrected chi connectivity index (χ0v) is 11.0. The van der Waals surface area contributed by atoms with E-state index in [4.69, 9.17) is 10.8 Å². The fourth-order valence-electron chi connectivity index (χ4n) is 2.14. The highest BCUT2D eigenvalue weighted by molar-refractivity contribution is 5.87. The molecule has 8 nitrogen and oxygen atoms in total. The van der Waals surface area contributed by atoms with E-state index in [0.717, 1.165) is 4.68 Å². The number of carboxylic acids is 1. The predicted octanol–water partition coefficient (Wildman–Crippen LogP) is 0.241. The van der Waals surface area contributed by atoms with Gasteiger partial charge in [-0.15, -0.1) is 4.91 Å². The van der Waals surface area contributed by atoms with Crippen LogP contribution >= 0.6 is 0 Å². The number of carbonyl (C=O) groups is 2. The van der Waals surface area contributed by atoms with Crippen molar-refractivity contribution in [2.24, 2.45) is 11.0 Å². The van der Waals surface area contributed by atoms with Crippen LogP contribution in [0, 0.1) is 4.91 Å². The lowest BCUT2D eigenvalue weighted by Gasteiger charge is -2.13. The first-order chi connectivity index (χ1) is 10.1. The van der Waals surface area contributed by atoms with Crippen molar-refractivity contribution in [3.05, 3.63) is 40.9 Å². The third-order valence-electron chi connectivity index (χ3n) is 3.11. The SMILES string of the molecule is NCC(=O)N[C@@H](Cc1cn(N=O)c2ccccc12)C(=O)O. The van der Waals surface area contributed by atoms with Gasteiger partial charge in [-0.1, -0.05) is 18.2 Å². The Balaban J connectivity index is 2.34. The minimum absolute atomic E-state index is 0.0319. The summed E-state index contributed by atoms with van der Waals surface area (Å²) in [5.74, 6) is -1.73. The molecule has 2 rings (SSSR count). The minimum Gasteiger partial charge on any atom is -0.480 e. The zero-order chi connectivity index (χ0) is 15.4. The highest BCUT2D eigenvalue weighted by atomic mass is 16.4. The van der Waals surface area contributed by atoms with Gasteiger partial charge in [0.2, 0.25) is 5.91 Å². The van der Waals surface area contributed by atoms with E-state index in [-0.39, 0.29) is 13.0 Å². The molecule has 0 aliphatic carbocycles. The molecule has 0 saturated heterocycles. The number of para-hydroxylation sites is 1. The molecule has 1 aromatic carbocycles. The predicted molar refractivity (Wildman–Crippen MR) is 75.5 cm³/mol. The maximum Gasteiger partial charge on any atom is 0.326 e. The van der Waals surface area contributed by atoms with Gasteiger partial charge in [0.15, 0.2) is 0 Å². The van der Waals surface area contributed by atoms with Gasteiger partial charge >= 0.3 is 5.97 Å². The molecule has 0 radical (unpaired) electrons. The molecule has 2 aromatic rings. The molecular weight excluding hydrogens is 276 g/mol. The summed E-state index contributed by atoms with van der Waals surface area (Å²) >= 11 is 0. The summed E-state index contributed by atoms with van der Waals surface area (Å²) in [6.07, 6.45) is 1.49. The van der Waals surface area contributed by atoms with E-state index in [9.17, 15) is 14.5 Å². The summed E-state index contributed by atoms with van der Waals surface area (Å²) in [6.45, 7) is -0.290.